The lowest BCUT2D eigenvalue weighted by Gasteiger charge is -2.11. The molecule has 0 atom stereocenters. The third-order valence-electron chi connectivity index (χ3n) is 3.79. The lowest BCUT2D eigenvalue weighted by molar-refractivity contribution is -0.120. The molecule has 0 saturated carbocycles. The first-order valence-corrected chi connectivity index (χ1v) is 8.29. The third-order valence-corrected chi connectivity index (χ3v) is 3.79. The van der Waals surface area contributed by atoms with Gasteiger partial charge in [-0.3, -0.25) is 14.4 Å². The van der Waals surface area contributed by atoms with Gasteiger partial charge in [-0.1, -0.05) is 29.8 Å². The number of carbonyl (C=O) groups is 3. The molecule has 0 aliphatic rings. The van der Waals surface area contributed by atoms with E-state index in [1.54, 1.807) is 56.6 Å². The van der Waals surface area contributed by atoms with Crippen molar-refractivity contribution < 1.29 is 14.4 Å². The van der Waals surface area contributed by atoms with Crippen LogP contribution in [0.5, 0.6) is 0 Å². The largest absolute Gasteiger partial charge is 0.350 e. The Balaban J connectivity index is 1.80. The average Bonchev–Trinajstić information content (AvgIpc) is 2.64. The van der Waals surface area contributed by atoms with Crippen molar-refractivity contribution in [2.75, 3.05) is 20.6 Å². The molecule has 0 saturated heterocycles. The zero-order valence-corrected chi connectivity index (χ0v) is 15.2. The Labute approximate surface area is 153 Å². The molecule has 0 bridgehead atoms. The summed E-state index contributed by atoms with van der Waals surface area (Å²) in [6.45, 7) is 2.14. The number of carbonyl (C=O) groups excluding carboxylic acids is 3. The lowest BCUT2D eigenvalue weighted by atomic mass is 10.1. The second-order valence-corrected chi connectivity index (χ2v) is 6.23. The van der Waals surface area contributed by atoms with Crippen LogP contribution in [-0.4, -0.2) is 43.3 Å². The highest BCUT2D eigenvalue weighted by Gasteiger charge is 2.09. The fraction of sp³-hybridized carbons (Fsp3) is 0.250. The highest BCUT2D eigenvalue weighted by atomic mass is 16.2. The van der Waals surface area contributed by atoms with Gasteiger partial charge in [0.15, 0.2) is 0 Å². The van der Waals surface area contributed by atoms with E-state index in [-0.39, 0.29) is 24.3 Å². The summed E-state index contributed by atoms with van der Waals surface area (Å²) in [7, 11) is 3.39. The molecule has 0 aromatic heterocycles. The number of rotatable bonds is 6. The molecule has 0 aliphatic carbocycles. The lowest BCUT2D eigenvalue weighted by Crippen LogP contribution is -2.36. The van der Waals surface area contributed by atoms with Crippen LogP contribution in [0.2, 0.25) is 0 Å². The van der Waals surface area contributed by atoms with E-state index in [1.807, 2.05) is 13.0 Å². The molecule has 0 aliphatic heterocycles. The van der Waals surface area contributed by atoms with Crippen LogP contribution in [0.4, 0.5) is 0 Å². The number of benzene rings is 2. The van der Waals surface area contributed by atoms with Crippen LogP contribution >= 0.6 is 0 Å². The predicted octanol–water partition coefficient (Wildman–Crippen LogP) is 1.74. The number of aryl methyl sites for hydroxylation is 1. The van der Waals surface area contributed by atoms with Crippen LogP contribution in [0.15, 0.2) is 48.5 Å². The summed E-state index contributed by atoms with van der Waals surface area (Å²) in [5, 5.41) is 5.34. The molecule has 0 heterocycles. The second-order valence-electron chi connectivity index (χ2n) is 6.23. The molecule has 2 aromatic carbocycles. The zero-order valence-electron chi connectivity index (χ0n) is 15.2. The van der Waals surface area contributed by atoms with Crippen molar-refractivity contribution in [3.05, 3.63) is 70.8 Å². The molecule has 2 aromatic rings. The average molecular weight is 353 g/mol. The molecular weight excluding hydrogens is 330 g/mol. The third kappa shape index (κ3) is 5.44. The predicted molar refractivity (Wildman–Crippen MR) is 99.8 cm³/mol. The van der Waals surface area contributed by atoms with Gasteiger partial charge in [-0.05, 0) is 36.8 Å². The van der Waals surface area contributed by atoms with Gasteiger partial charge in [-0.25, -0.2) is 0 Å². The van der Waals surface area contributed by atoms with Crippen molar-refractivity contribution in [2.45, 2.75) is 13.5 Å². The van der Waals surface area contributed by atoms with Crippen LogP contribution < -0.4 is 10.6 Å². The number of amides is 3. The maximum atomic E-state index is 12.0. The van der Waals surface area contributed by atoms with Crippen LogP contribution in [-0.2, 0) is 11.3 Å². The van der Waals surface area contributed by atoms with Crippen molar-refractivity contribution in [3.63, 3.8) is 0 Å². The summed E-state index contributed by atoms with van der Waals surface area (Å²) in [6, 6.07) is 14.2. The van der Waals surface area contributed by atoms with Crippen molar-refractivity contribution in [2.24, 2.45) is 0 Å². The van der Waals surface area contributed by atoms with Crippen molar-refractivity contribution in [3.8, 4) is 0 Å². The van der Waals surface area contributed by atoms with Gasteiger partial charge in [0.1, 0.15) is 0 Å². The smallest absolute Gasteiger partial charge is 0.253 e. The van der Waals surface area contributed by atoms with E-state index in [9.17, 15) is 14.4 Å². The fourth-order valence-electron chi connectivity index (χ4n) is 2.34. The van der Waals surface area contributed by atoms with E-state index in [4.69, 9.17) is 0 Å². The quantitative estimate of drug-likeness (QED) is 0.830. The first-order valence-electron chi connectivity index (χ1n) is 8.29. The van der Waals surface area contributed by atoms with E-state index in [0.717, 1.165) is 11.1 Å². The van der Waals surface area contributed by atoms with Gasteiger partial charge in [0.2, 0.25) is 5.91 Å². The summed E-state index contributed by atoms with van der Waals surface area (Å²) in [4.78, 5) is 37.2. The van der Waals surface area contributed by atoms with Gasteiger partial charge < -0.3 is 15.5 Å². The van der Waals surface area contributed by atoms with E-state index in [1.165, 1.54) is 4.90 Å². The number of nitrogens with zero attached hydrogens (tertiary/aromatic N) is 1. The van der Waals surface area contributed by atoms with Gasteiger partial charge in [-0.15, -0.1) is 0 Å². The molecular formula is C20H23N3O3. The van der Waals surface area contributed by atoms with E-state index in [0.29, 0.717) is 17.7 Å². The number of hydrogen-bond acceptors (Lipinski definition) is 3. The molecule has 26 heavy (non-hydrogen) atoms. The Hall–Kier alpha value is -3.15. The number of hydrogen-bond donors (Lipinski definition) is 2. The van der Waals surface area contributed by atoms with Crippen LogP contribution in [0.3, 0.4) is 0 Å². The van der Waals surface area contributed by atoms with E-state index >= 15 is 0 Å². The Kier molecular flexibility index (Phi) is 6.49. The standard InChI is InChI=1S/C20H23N3O3/c1-14-5-4-6-17(11-14)19(25)22-13-18(24)21-12-15-7-9-16(10-8-15)20(26)23(2)3/h4-11H,12-13H2,1-3H3,(H,21,24)(H,22,25). The molecule has 0 unspecified atom stereocenters. The SMILES string of the molecule is Cc1cccc(C(=O)NCC(=O)NCc2ccc(C(=O)N(C)C)cc2)c1. The van der Waals surface area contributed by atoms with Gasteiger partial charge in [0.05, 0.1) is 6.54 Å². The normalized spacial score (nSPS) is 10.1. The summed E-state index contributed by atoms with van der Waals surface area (Å²) in [5.41, 5.74) is 2.98. The first-order chi connectivity index (χ1) is 12.4. The minimum absolute atomic E-state index is 0.0700. The Morgan fingerprint density at radius 2 is 1.62 bits per heavy atom. The topological polar surface area (TPSA) is 78.5 Å². The summed E-state index contributed by atoms with van der Waals surface area (Å²) < 4.78 is 0. The summed E-state index contributed by atoms with van der Waals surface area (Å²) in [6.07, 6.45) is 0. The molecule has 136 valence electrons. The molecule has 0 spiro atoms. The highest BCUT2D eigenvalue weighted by molar-refractivity contribution is 5.96. The maximum absolute atomic E-state index is 12.0. The van der Waals surface area contributed by atoms with Crippen molar-refractivity contribution in [1.82, 2.24) is 15.5 Å². The van der Waals surface area contributed by atoms with Crippen molar-refractivity contribution >= 4 is 17.7 Å². The van der Waals surface area contributed by atoms with Gasteiger partial charge in [0.25, 0.3) is 11.8 Å². The molecule has 0 fully saturated rings. The fourth-order valence-corrected chi connectivity index (χ4v) is 2.34. The van der Waals surface area contributed by atoms with Gasteiger partial charge in [0, 0.05) is 31.8 Å². The molecule has 3 amide bonds. The Bertz CT molecular complexity index is 798. The van der Waals surface area contributed by atoms with Gasteiger partial charge >= 0.3 is 0 Å². The molecule has 6 heteroatoms. The maximum Gasteiger partial charge on any atom is 0.253 e. The monoisotopic (exact) mass is 353 g/mol. The summed E-state index contributed by atoms with van der Waals surface area (Å²) in [5.74, 6) is -0.630. The van der Waals surface area contributed by atoms with E-state index in [2.05, 4.69) is 10.6 Å². The minimum Gasteiger partial charge on any atom is -0.350 e. The molecule has 6 nitrogen and oxygen atoms in total. The van der Waals surface area contributed by atoms with Crippen LogP contribution in [0, 0.1) is 6.92 Å². The minimum atomic E-state index is -0.282. The first kappa shape index (κ1) is 19.2. The Morgan fingerprint density at radius 1 is 0.923 bits per heavy atom. The number of nitrogens with one attached hydrogen (secondary N) is 2. The molecule has 2 rings (SSSR count). The summed E-state index contributed by atoms with van der Waals surface area (Å²) >= 11 is 0. The van der Waals surface area contributed by atoms with Crippen LogP contribution in [0.1, 0.15) is 31.8 Å². The highest BCUT2D eigenvalue weighted by Crippen LogP contribution is 2.06. The second kappa shape index (κ2) is 8.80. The van der Waals surface area contributed by atoms with Crippen LogP contribution in [0.25, 0.3) is 0 Å². The Morgan fingerprint density at radius 3 is 2.23 bits per heavy atom. The molecule has 2 N–H and O–H groups in total. The van der Waals surface area contributed by atoms with Gasteiger partial charge in [-0.2, -0.15) is 0 Å². The van der Waals surface area contributed by atoms with E-state index < -0.39 is 0 Å². The zero-order chi connectivity index (χ0) is 19.1. The molecule has 0 radical (unpaired) electrons. The van der Waals surface area contributed by atoms with Crippen molar-refractivity contribution in [1.29, 1.82) is 0 Å².